The molecule has 0 saturated carbocycles. The molecule has 1 aromatic carbocycles. The van der Waals surface area contributed by atoms with Gasteiger partial charge < -0.3 is 10.0 Å². The van der Waals surface area contributed by atoms with Gasteiger partial charge in [0.25, 0.3) is 0 Å². The summed E-state index contributed by atoms with van der Waals surface area (Å²) in [6.07, 6.45) is 0. The molecule has 78 valence electrons. The van der Waals surface area contributed by atoms with Gasteiger partial charge in [-0.1, -0.05) is 12.1 Å². The number of phenolic OH excluding ortho intramolecular Hbond substituents is 1. The molecule has 0 aliphatic heterocycles. The normalized spacial score (nSPS) is 10.1. The van der Waals surface area contributed by atoms with Crippen molar-refractivity contribution >= 4 is 30.9 Å². The first kappa shape index (κ1) is 11.6. The van der Waals surface area contributed by atoms with E-state index >= 15 is 0 Å². The van der Waals surface area contributed by atoms with E-state index in [9.17, 15) is 5.11 Å². The Morgan fingerprint density at radius 1 is 1.07 bits per heavy atom. The van der Waals surface area contributed by atoms with Gasteiger partial charge in [-0.3, -0.25) is 0 Å². The van der Waals surface area contributed by atoms with Crippen molar-refractivity contribution in [1.29, 1.82) is 0 Å². The van der Waals surface area contributed by atoms with Crippen molar-refractivity contribution in [2.45, 2.75) is 0 Å². The van der Waals surface area contributed by atoms with Crippen LogP contribution in [0.1, 0.15) is 0 Å². The number of thiol groups is 2. The number of benzene rings is 1. The molecule has 0 atom stereocenters. The summed E-state index contributed by atoms with van der Waals surface area (Å²) in [6.45, 7) is 1.64. The van der Waals surface area contributed by atoms with Crippen molar-refractivity contribution in [2.75, 3.05) is 29.5 Å². The Bertz CT molecular complexity index is 275. The molecule has 0 aliphatic carbocycles. The first-order valence-corrected chi connectivity index (χ1v) is 5.80. The van der Waals surface area contributed by atoms with Crippen molar-refractivity contribution < 1.29 is 5.11 Å². The molecule has 0 fully saturated rings. The average Bonchev–Trinajstić information content (AvgIpc) is 2.18. The lowest BCUT2D eigenvalue weighted by Crippen LogP contribution is -2.27. The maximum Gasteiger partial charge on any atom is 0.138 e. The third kappa shape index (κ3) is 3.03. The summed E-state index contributed by atoms with van der Waals surface area (Å²) in [5.41, 5.74) is 0.857. The minimum atomic E-state index is 0.316. The van der Waals surface area contributed by atoms with E-state index in [0.29, 0.717) is 5.75 Å². The molecule has 2 nitrogen and oxygen atoms in total. The first-order chi connectivity index (χ1) is 6.79. The fourth-order valence-corrected chi connectivity index (χ4v) is 1.81. The fraction of sp³-hybridized carbons (Fsp3) is 0.400. The van der Waals surface area contributed by atoms with Crippen LogP contribution in [0.3, 0.4) is 0 Å². The summed E-state index contributed by atoms with van der Waals surface area (Å²) in [6, 6.07) is 7.33. The molecule has 0 aromatic heterocycles. The van der Waals surface area contributed by atoms with Gasteiger partial charge in [-0.15, -0.1) is 0 Å². The van der Waals surface area contributed by atoms with Crippen molar-refractivity contribution in [2.24, 2.45) is 0 Å². The zero-order chi connectivity index (χ0) is 10.4. The lowest BCUT2D eigenvalue weighted by molar-refractivity contribution is 0.474. The van der Waals surface area contributed by atoms with Gasteiger partial charge in [0.15, 0.2) is 0 Å². The summed E-state index contributed by atoms with van der Waals surface area (Å²) in [5, 5.41) is 9.64. The van der Waals surface area contributed by atoms with Crippen molar-refractivity contribution in [3.63, 3.8) is 0 Å². The van der Waals surface area contributed by atoms with E-state index in [4.69, 9.17) is 0 Å². The van der Waals surface area contributed by atoms with Gasteiger partial charge >= 0.3 is 0 Å². The van der Waals surface area contributed by atoms with Crippen LogP contribution in [0.2, 0.25) is 0 Å². The number of para-hydroxylation sites is 2. The lowest BCUT2D eigenvalue weighted by atomic mass is 10.2. The molecular weight excluding hydrogens is 214 g/mol. The zero-order valence-electron chi connectivity index (χ0n) is 7.93. The molecular formula is C10H15NOS2. The Labute approximate surface area is 95.8 Å². The number of anilines is 1. The van der Waals surface area contributed by atoms with Crippen molar-refractivity contribution in [3.05, 3.63) is 24.3 Å². The van der Waals surface area contributed by atoms with Crippen LogP contribution in [-0.4, -0.2) is 29.7 Å². The Morgan fingerprint density at radius 3 is 2.14 bits per heavy atom. The fourth-order valence-electron chi connectivity index (χ4n) is 1.33. The Balaban J connectivity index is 2.81. The largest absolute Gasteiger partial charge is 0.506 e. The van der Waals surface area contributed by atoms with Crippen LogP contribution in [0.25, 0.3) is 0 Å². The summed E-state index contributed by atoms with van der Waals surface area (Å²) < 4.78 is 0. The van der Waals surface area contributed by atoms with Gasteiger partial charge in [0.05, 0.1) is 5.69 Å². The van der Waals surface area contributed by atoms with Crippen LogP contribution in [0.5, 0.6) is 5.75 Å². The summed E-state index contributed by atoms with van der Waals surface area (Å²) in [5.74, 6) is 1.85. The van der Waals surface area contributed by atoms with E-state index in [0.717, 1.165) is 30.3 Å². The Morgan fingerprint density at radius 2 is 1.64 bits per heavy atom. The van der Waals surface area contributed by atoms with Crippen LogP contribution in [-0.2, 0) is 0 Å². The molecule has 14 heavy (non-hydrogen) atoms. The van der Waals surface area contributed by atoms with E-state index in [1.54, 1.807) is 6.07 Å². The maximum absolute atomic E-state index is 9.64. The molecule has 1 N–H and O–H groups in total. The number of rotatable bonds is 5. The second-order valence-corrected chi connectivity index (χ2v) is 3.82. The standard InChI is InChI=1S/C10H15NOS2/c12-10-4-2-1-3-9(10)11(5-7-13)6-8-14/h1-4,12-14H,5-8H2. The highest BCUT2D eigenvalue weighted by Crippen LogP contribution is 2.26. The van der Waals surface area contributed by atoms with Gasteiger partial charge in [0.1, 0.15) is 5.75 Å². The second-order valence-electron chi connectivity index (χ2n) is 2.92. The lowest BCUT2D eigenvalue weighted by Gasteiger charge is -2.23. The van der Waals surface area contributed by atoms with Gasteiger partial charge in [-0.2, -0.15) is 25.3 Å². The molecule has 0 bridgehead atoms. The van der Waals surface area contributed by atoms with Crippen LogP contribution in [0.15, 0.2) is 24.3 Å². The van der Waals surface area contributed by atoms with Gasteiger partial charge in [0, 0.05) is 24.6 Å². The minimum absolute atomic E-state index is 0.316. The van der Waals surface area contributed by atoms with E-state index in [1.165, 1.54) is 0 Å². The third-order valence-corrected chi connectivity index (χ3v) is 2.36. The zero-order valence-corrected chi connectivity index (χ0v) is 9.72. The van der Waals surface area contributed by atoms with E-state index in [1.807, 2.05) is 18.2 Å². The Kier molecular flexibility index (Phi) is 5.04. The van der Waals surface area contributed by atoms with Crippen LogP contribution in [0, 0.1) is 0 Å². The number of hydrogen-bond acceptors (Lipinski definition) is 4. The number of nitrogens with zero attached hydrogens (tertiary/aromatic N) is 1. The monoisotopic (exact) mass is 229 g/mol. The van der Waals surface area contributed by atoms with Crippen molar-refractivity contribution in [3.8, 4) is 5.75 Å². The molecule has 0 heterocycles. The van der Waals surface area contributed by atoms with Crippen molar-refractivity contribution in [1.82, 2.24) is 0 Å². The Hall–Kier alpha value is -0.480. The summed E-state index contributed by atoms with van der Waals surface area (Å²) in [7, 11) is 0. The minimum Gasteiger partial charge on any atom is -0.506 e. The number of phenols is 1. The molecule has 0 saturated heterocycles. The van der Waals surface area contributed by atoms with E-state index in [-0.39, 0.29) is 0 Å². The number of hydrogen-bond donors (Lipinski definition) is 3. The third-order valence-electron chi connectivity index (χ3n) is 1.96. The number of aromatic hydroxyl groups is 1. The quantitative estimate of drug-likeness (QED) is 0.673. The molecule has 4 heteroatoms. The second kappa shape index (κ2) is 6.09. The molecule has 0 aliphatic rings. The van der Waals surface area contributed by atoms with Crippen LogP contribution in [0.4, 0.5) is 5.69 Å². The van der Waals surface area contributed by atoms with Gasteiger partial charge in [-0.25, -0.2) is 0 Å². The molecule has 0 spiro atoms. The smallest absolute Gasteiger partial charge is 0.138 e. The molecule has 0 amide bonds. The van der Waals surface area contributed by atoms with Crippen LogP contribution >= 0.6 is 25.3 Å². The average molecular weight is 229 g/mol. The molecule has 1 rings (SSSR count). The molecule has 0 radical (unpaired) electrons. The van der Waals surface area contributed by atoms with E-state index < -0.39 is 0 Å². The van der Waals surface area contributed by atoms with E-state index in [2.05, 4.69) is 30.2 Å². The van der Waals surface area contributed by atoms with Gasteiger partial charge in [-0.05, 0) is 12.1 Å². The molecule has 0 unspecified atom stereocenters. The highest BCUT2D eigenvalue weighted by Gasteiger charge is 2.07. The summed E-state index contributed by atoms with van der Waals surface area (Å²) in [4.78, 5) is 2.08. The topological polar surface area (TPSA) is 23.5 Å². The van der Waals surface area contributed by atoms with Crippen LogP contribution < -0.4 is 4.90 Å². The first-order valence-electron chi connectivity index (χ1n) is 4.54. The highest BCUT2D eigenvalue weighted by molar-refractivity contribution is 7.80. The predicted molar refractivity (Wildman–Crippen MR) is 68.0 cm³/mol. The molecule has 1 aromatic rings. The highest BCUT2D eigenvalue weighted by atomic mass is 32.1. The SMILES string of the molecule is Oc1ccccc1N(CCS)CCS. The van der Waals surface area contributed by atoms with Gasteiger partial charge in [0.2, 0.25) is 0 Å². The summed E-state index contributed by atoms with van der Waals surface area (Å²) >= 11 is 8.38. The predicted octanol–water partition coefficient (Wildman–Crippen LogP) is 2.06. The maximum atomic E-state index is 9.64.